The van der Waals surface area contributed by atoms with Crippen molar-refractivity contribution in [1.29, 1.82) is 0 Å². The van der Waals surface area contributed by atoms with Crippen LogP contribution < -0.4 is 4.74 Å². The second-order valence-corrected chi connectivity index (χ2v) is 13.2. The average molecular weight is 468 g/mol. The van der Waals surface area contributed by atoms with Crippen molar-refractivity contribution in [3.05, 3.63) is 23.3 Å². The number of hydrogen-bond acceptors (Lipinski definition) is 5. The molecule has 2 unspecified atom stereocenters. The molecule has 1 saturated heterocycles. The van der Waals surface area contributed by atoms with E-state index in [2.05, 4.69) is 31.7 Å². The number of aliphatic hydroxyl groups is 1. The lowest BCUT2D eigenvalue weighted by Gasteiger charge is -2.74. The number of ether oxygens (including phenoxy) is 2. The topological polar surface area (TPSA) is 62.2 Å². The maximum atomic E-state index is 11.9. The molecule has 34 heavy (non-hydrogen) atoms. The quantitative estimate of drug-likeness (QED) is 0.649. The van der Waals surface area contributed by atoms with Crippen LogP contribution >= 0.6 is 0 Å². The highest BCUT2D eigenvalue weighted by atomic mass is 16.6. The van der Waals surface area contributed by atoms with Gasteiger partial charge in [-0.3, -0.25) is 4.90 Å². The van der Waals surface area contributed by atoms with Gasteiger partial charge in [-0.25, -0.2) is 0 Å². The maximum absolute atomic E-state index is 11.9. The first-order valence-electron chi connectivity index (χ1n) is 13.7. The van der Waals surface area contributed by atoms with Gasteiger partial charge >= 0.3 is 0 Å². The molecule has 0 radical (unpaired) electrons. The lowest BCUT2D eigenvalue weighted by Crippen LogP contribution is -2.82. The van der Waals surface area contributed by atoms with Crippen molar-refractivity contribution in [2.45, 2.75) is 101 Å². The summed E-state index contributed by atoms with van der Waals surface area (Å²) in [5, 5.41) is 22.9. The van der Waals surface area contributed by atoms with Gasteiger partial charge in [-0.15, -0.1) is 0 Å². The predicted molar refractivity (Wildman–Crippen MR) is 130 cm³/mol. The van der Waals surface area contributed by atoms with Gasteiger partial charge in [-0.05, 0) is 80.9 Å². The molecule has 1 aromatic carbocycles. The van der Waals surface area contributed by atoms with Gasteiger partial charge < -0.3 is 19.7 Å². The smallest absolute Gasteiger partial charge is 0.165 e. The van der Waals surface area contributed by atoms with Crippen molar-refractivity contribution in [3.8, 4) is 11.5 Å². The molecule has 4 bridgehead atoms. The fourth-order valence-corrected chi connectivity index (χ4v) is 9.58. The van der Waals surface area contributed by atoms with Gasteiger partial charge in [0.25, 0.3) is 0 Å². The van der Waals surface area contributed by atoms with E-state index in [1.807, 2.05) is 13.2 Å². The lowest BCUT2D eigenvalue weighted by atomic mass is 9.34. The third-order valence-corrected chi connectivity index (χ3v) is 11.8. The monoisotopic (exact) mass is 467 g/mol. The van der Waals surface area contributed by atoms with Crippen molar-refractivity contribution in [1.82, 2.24) is 4.90 Å². The summed E-state index contributed by atoms with van der Waals surface area (Å²) in [7, 11) is 1.84. The molecule has 2 heterocycles. The van der Waals surface area contributed by atoms with Crippen molar-refractivity contribution in [2.75, 3.05) is 20.2 Å². The van der Waals surface area contributed by atoms with E-state index in [1.54, 1.807) is 0 Å². The average Bonchev–Trinajstić information content (AvgIpc) is 3.58. The van der Waals surface area contributed by atoms with Crippen molar-refractivity contribution in [3.63, 3.8) is 0 Å². The van der Waals surface area contributed by atoms with Crippen LogP contribution in [0.25, 0.3) is 0 Å². The molecule has 2 spiro atoms. The Morgan fingerprint density at radius 3 is 2.74 bits per heavy atom. The summed E-state index contributed by atoms with van der Waals surface area (Å²) < 4.78 is 13.4. The number of likely N-dealkylation sites (tertiary alicyclic amines) is 1. The molecule has 7 aliphatic rings. The summed E-state index contributed by atoms with van der Waals surface area (Å²) in [4.78, 5) is 2.83. The highest BCUT2D eigenvalue weighted by molar-refractivity contribution is 5.63. The minimum absolute atomic E-state index is 0.0284. The zero-order valence-corrected chi connectivity index (χ0v) is 21.3. The molecule has 1 aromatic rings. The molecule has 2 aliphatic heterocycles. The van der Waals surface area contributed by atoms with Gasteiger partial charge in [-0.1, -0.05) is 26.8 Å². The number of phenols is 1. The van der Waals surface area contributed by atoms with Crippen LogP contribution in [0.5, 0.6) is 11.5 Å². The molecule has 186 valence electrons. The van der Waals surface area contributed by atoms with Crippen LogP contribution in [0.2, 0.25) is 0 Å². The molecule has 0 aromatic heterocycles. The zero-order valence-electron chi connectivity index (χ0n) is 21.3. The van der Waals surface area contributed by atoms with Gasteiger partial charge in [0, 0.05) is 42.0 Å². The van der Waals surface area contributed by atoms with Crippen LogP contribution in [-0.2, 0) is 16.6 Å². The Bertz CT molecular complexity index is 1040. The van der Waals surface area contributed by atoms with Gasteiger partial charge in [0.05, 0.1) is 6.10 Å². The van der Waals surface area contributed by atoms with E-state index in [4.69, 9.17) is 9.47 Å². The summed E-state index contributed by atoms with van der Waals surface area (Å²) in [6, 6.07) is 4.48. The van der Waals surface area contributed by atoms with E-state index in [0.717, 1.165) is 51.0 Å². The number of rotatable bonds is 6. The first-order valence-corrected chi connectivity index (χ1v) is 13.7. The molecule has 2 N–H and O–H groups in total. The number of hydrogen-bond donors (Lipinski definition) is 2. The Balaban J connectivity index is 1.44. The highest BCUT2D eigenvalue weighted by Crippen LogP contribution is 2.77. The molecule has 5 fully saturated rings. The SMILES string of the molecule is CCC(C)(C)[C@@H](O)[C@H]1C[C@@]23CCC1(OC)C1Oc4c(O)ccc5c4[C@@]12CCN(CC1CC1)[C@@H]3C5. The van der Waals surface area contributed by atoms with Gasteiger partial charge in [0.15, 0.2) is 11.5 Å². The summed E-state index contributed by atoms with van der Waals surface area (Å²) in [5.74, 6) is 1.88. The second kappa shape index (κ2) is 6.72. The minimum Gasteiger partial charge on any atom is -0.504 e. The second-order valence-electron chi connectivity index (χ2n) is 13.2. The molecular weight excluding hydrogens is 426 g/mol. The first-order chi connectivity index (χ1) is 16.2. The number of aromatic hydroxyl groups is 1. The van der Waals surface area contributed by atoms with Crippen molar-refractivity contribution >= 4 is 0 Å². The normalized spacial score (nSPS) is 42.9. The Morgan fingerprint density at radius 2 is 2.03 bits per heavy atom. The number of fused-ring (bicyclic) bond motifs is 2. The van der Waals surface area contributed by atoms with Crippen LogP contribution in [0.4, 0.5) is 0 Å². The van der Waals surface area contributed by atoms with E-state index in [0.29, 0.717) is 11.8 Å². The predicted octanol–water partition coefficient (Wildman–Crippen LogP) is 4.41. The van der Waals surface area contributed by atoms with Crippen LogP contribution in [0.3, 0.4) is 0 Å². The molecule has 4 saturated carbocycles. The molecule has 7 atom stereocenters. The lowest BCUT2D eigenvalue weighted by molar-refractivity contribution is -0.296. The fraction of sp³-hybridized carbons (Fsp3) is 0.793. The van der Waals surface area contributed by atoms with Gasteiger partial charge in [0.2, 0.25) is 0 Å². The summed E-state index contributed by atoms with van der Waals surface area (Å²) in [6.07, 6.45) is 8.22. The first kappa shape index (κ1) is 21.9. The molecule has 5 aliphatic carbocycles. The van der Waals surface area contributed by atoms with E-state index >= 15 is 0 Å². The van der Waals surface area contributed by atoms with Crippen LogP contribution in [-0.4, -0.2) is 59.2 Å². The van der Waals surface area contributed by atoms with Gasteiger partial charge in [-0.2, -0.15) is 0 Å². The minimum atomic E-state index is -0.531. The van der Waals surface area contributed by atoms with E-state index < -0.39 is 11.7 Å². The largest absolute Gasteiger partial charge is 0.504 e. The van der Waals surface area contributed by atoms with E-state index in [-0.39, 0.29) is 34.0 Å². The maximum Gasteiger partial charge on any atom is 0.165 e. The Morgan fingerprint density at radius 1 is 1.24 bits per heavy atom. The Kier molecular flexibility index (Phi) is 4.33. The van der Waals surface area contributed by atoms with Crippen LogP contribution in [0, 0.1) is 22.7 Å². The van der Waals surface area contributed by atoms with Crippen molar-refractivity contribution < 1.29 is 19.7 Å². The third kappa shape index (κ3) is 2.33. The van der Waals surface area contributed by atoms with Crippen molar-refractivity contribution in [2.24, 2.45) is 22.7 Å². The number of benzene rings is 1. The molecule has 5 nitrogen and oxygen atoms in total. The molecular formula is C29H41NO4. The highest BCUT2D eigenvalue weighted by Gasteiger charge is 2.81. The number of piperidine rings is 1. The van der Waals surface area contributed by atoms with E-state index in [1.165, 1.54) is 30.5 Å². The molecule has 5 heteroatoms. The Labute approximate surface area is 203 Å². The summed E-state index contributed by atoms with van der Waals surface area (Å²) in [5.41, 5.74) is 1.89. The fourth-order valence-electron chi connectivity index (χ4n) is 9.58. The number of phenolic OH excluding ortho intramolecular Hbond substituents is 1. The van der Waals surface area contributed by atoms with E-state index in [9.17, 15) is 10.2 Å². The number of methoxy groups -OCH3 is 1. The zero-order chi connectivity index (χ0) is 23.7. The van der Waals surface area contributed by atoms with Crippen LogP contribution in [0.1, 0.15) is 76.8 Å². The third-order valence-electron chi connectivity index (χ3n) is 11.8. The molecule has 0 amide bonds. The van der Waals surface area contributed by atoms with Gasteiger partial charge in [0.1, 0.15) is 11.7 Å². The van der Waals surface area contributed by atoms with Crippen LogP contribution in [0.15, 0.2) is 12.1 Å². The summed E-state index contributed by atoms with van der Waals surface area (Å²) >= 11 is 0. The standard InChI is InChI=1S/C29H41NO4/c1-5-26(2,3)24(32)19-15-27-10-11-29(19,33-4)25-28(27)12-13-30(16-17-6-7-17)21(27)14-18-8-9-20(31)23(34-25)22(18)28/h8-9,17,19,21,24-25,31-32H,5-7,10-16H2,1-4H3/t19-,21-,24+,25?,27-,28+,29?/m1/s1. The number of nitrogens with zero attached hydrogens (tertiary/aromatic N) is 1. The Hall–Kier alpha value is -1.30. The summed E-state index contributed by atoms with van der Waals surface area (Å²) in [6.45, 7) is 8.91. The molecule has 8 rings (SSSR count). The number of aliphatic hydroxyl groups excluding tert-OH is 1.